The van der Waals surface area contributed by atoms with Crippen LogP contribution in [0.15, 0.2) is 46.2 Å². The molecule has 0 aromatic heterocycles. The summed E-state index contributed by atoms with van der Waals surface area (Å²) in [7, 11) is 0. The molecule has 0 N–H and O–H groups in total. The minimum atomic E-state index is 1.18. The van der Waals surface area contributed by atoms with Gasteiger partial charge in [0.2, 0.25) is 0 Å². The third-order valence-electron chi connectivity index (χ3n) is 2.41. The topological polar surface area (TPSA) is 0 Å². The van der Waals surface area contributed by atoms with Crippen LogP contribution >= 0.6 is 11.8 Å². The molecule has 0 aliphatic rings. The second kappa shape index (κ2) is 7.58. The Kier molecular flexibility index (Phi) is 6.26. The van der Waals surface area contributed by atoms with E-state index in [1.165, 1.54) is 30.6 Å². The third kappa shape index (κ3) is 5.08. The fourth-order valence-corrected chi connectivity index (χ4v) is 2.27. The van der Waals surface area contributed by atoms with Crippen LogP contribution in [0.1, 0.15) is 39.5 Å². The van der Waals surface area contributed by atoms with Gasteiger partial charge >= 0.3 is 0 Å². The van der Waals surface area contributed by atoms with E-state index in [-0.39, 0.29) is 0 Å². The Morgan fingerprint density at radius 1 is 1.20 bits per heavy atom. The first-order chi connectivity index (χ1) is 7.36. The first-order valence-electron chi connectivity index (χ1n) is 5.76. The van der Waals surface area contributed by atoms with Gasteiger partial charge in [-0.15, -0.1) is 0 Å². The zero-order chi connectivity index (χ0) is 10.9. The number of hydrogen-bond donors (Lipinski definition) is 0. The lowest BCUT2D eigenvalue weighted by atomic mass is 10.1. The molecule has 0 fully saturated rings. The molecule has 15 heavy (non-hydrogen) atoms. The van der Waals surface area contributed by atoms with E-state index in [1.54, 1.807) is 5.57 Å². The first kappa shape index (κ1) is 12.4. The molecule has 1 aromatic carbocycles. The normalized spacial score (nSPS) is 11.7. The summed E-state index contributed by atoms with van der Waals surface area (Å²) in [5.74, 6) is 0. The number of benzene rings is 1. The Hall–Kier alpha value is -0.690. The molecule has 0 unspecified atom stereocenters. The number of thioether (sulfide) groups is 1. The summed E-state index contributed by atoms with van der Waals surface area (Å²) in [4.78, 5) is 1.33. The van der Waals surface area contributed by atoms with Gasteiger partial charge in [0.1, 0.15) is 0 Å². The largest absolute Gasteiger partial charge is 0.0981 e. The smallest absolute Gasteiger partial charge is 0.0116 e. The summed E-state index contributed by atoms with van der Waals surface area (Å²) in [6.07, 6.45) is 5.04. The number of rotatable bonds is 6. The fraction of sp³-hybridized carbons (Fsp3) is 0.429. The summed E-state index contributed by atoms with van der Waals surface area (Å²) in [6.45, 7) is 4.49. The van der Waals surface area contributed by atoms with Crippen LogP contribution in [0.3, 0.4) is 0 Å². The van der Waals surface area contributed by atoms with E-state index in [0.717, 1.165) is 0 Å². The number of unbranched alkanes of at least 4 members (excludes halogenated alkanes) is 1. The van der Waals surface area contributed by atoms with Crippen molar-refractivity contribution in [1.29, 1.82) is 0 Å². The molecule has 0 saturated heterocycles. The van der Waals surface area contributed by atoms with E-state index in [1.807, 2.05) is 11.8 Å². The molecule has 0 atom stereocenters. The molecule has 0 heterocycles. The molecule has 0 bridgehead atoms. The number of hydrogen-bond acceptors (Lipinski definition) is 1. The molecule has 0 aliphatic heterocycles. The standard InChI is InChI=1S/C14H20S/c1-3-5-9-13(4-2)12-15-14-10-7-6-8-11-14/h6-8,10-12H,3-5,9H2,1-2H3/b13-12+. The summed E-state index contributed by atoms with van der Waals surface area (Å²) in [6, 6.07) is 10.6. The van der Waals surface area contributed by atoms with Gasteiger partial charge in [-0.25, -0.2) is 0 Å². The van der Waals surface area contributed by atoms with Gasteiger partial charge in [-0.05, 0) is 36.8 Å². The van der Waals surface area contributed by atoms with Crippen molar-refractivity contribution in [3.05, 3.63) is 41.3 Å². The quantitative estimate of drug-likeness (QED) is 0.589. The van der Waals surface area contributed by atoms with Gasteiger partial charge in [-0.1, -0.05) is 55.8 Å². The van der Waals surface area contributed by atoms with Gasteiger partial charge in [0, 0.05) is 4.90 Å². The second-order valence-corrected chi connectivity index (χ2v) is 4.61. The van der Waals surface area contributed by atoms with Gasteiger partial charge in [0.05, 0.1) is 0 Å². The van der Waals surface area contributed by atoms with Crippen molar-refractivity contribution in [3.63, 3.8) is 0 Å². The van der Waals surface area contributed by atoms with E-state index in [0.29, 0.717) is 0 Å². The zero-order valence-electron chi connectivity index (χ0n) is 9.70. The van der Waals surface area contributed by atoms with Gasteiger partial charge in [-0.2, -0.15) is 0 Å². The van der Waals surface area contributed by atoms with Crippen molar-refractivity contribution in [2.75, 3.05) is 0 Å². The maximum absolute atomic E-state index is 2.32. The van der Waals surface area contributed by atoms with Crippen LogP contribution in [-0.2, 0) is 0 Å². The van der Waals surface area contributed by atoms with Crippen LogP contribution in [-0.4, -0.2) is 0 Å². The predicted octanol–water partition coefficient (Wildman–Crippen LogP) is 5.26. The predicted molar refractivity (Wildman–Crippen MR) is 70.2 cm³/mol. The van der Waals surface area contributed by atoms with Crippen LogP contribution in [0.5, 0.6) is 0 Å². The Bertz CT molecular complexity index is 287. The lowest BCUT2D eigenvalue weighted by molar-refractivity contribution is 0.768. The lowest BCUT2D eigenvalue weighted by Crippen LogP contribution is -1.80. The van der Waals surface area contributed by atoms with Crippen molar-refractivity contribution in [1.82, 2.24) is 0 Å². The lowest BCUT2D eigenvalue weighted by Gasteiger charge is -2.03. The van der Waals surface area contributed by atoms with Crippen LogP contribution in [0.4, 0.5) is 0 Å². The Morgan fingerprint density at radius 2 is 1.93 bits per heavy atom. The second-order valence-electron chi connectivity index (χ2n) is 3.66. The maximum atomic E-state index is 2.32. The highest BCUT2D eigenvalue weighted by Crippen LogP contribution is 2.23. The van der Waals surface area contributed by atoms with E-state index in [2.05, 4.69) is 49.6 Å². The third-order valence-corrected chi connectivity index (χ3v) is 3.41. The summed E-state index contributed by atoms with van der Waals surface area (Å²) in [5.41, 5.74) is 1.57. The van der Waals surface area contributed by atoms with Gasteiger partial charge < -0.3 is 0 Å². The average Bonchev–Trinajstić information content (AvgIpc) is 2.31. The molecule has 0 spiro atoms. The Labute approximate surface area is 97.8 Å². The van der Waals surface area contributed by atoms with Crippen molar-refractivity contribution in [2.24, 2.45) is 0 Å². The molecule has 1 rings (SSSR count). The monoisotopic (exact) mass is 220 g/mol. The van der Waals surface area contributed by atoms with E-state index in [9.17, 15) is 0 Å². The Balaban J connectivity index is 2.47. The van der Waals surface area contributed by atoms with Crippen LogP contribution in [0.25, 0.3) is 0 Å². The Morgan fingerprint density at radius 3 is 2.53 bits per heavy atom. The molecule has 0 saturated carbocycles. The molecule has 1 heteroatoms. The van der Waals surface area contributed by atoms with Crippen LogP contribution in [0, 0.1) is 0 Å². The summed E-state index contributed by atoms with van der Waals surface area (Å²) in [5, 5.41) is 2.32. The average molecular weight is 220 g/mol. The molecular weight excluding hydrogens is 200 g/mol. The van der Waals surface area contributed by atoms with E-state index >= 15 is 0 Å². The molecule has 1 aromatic rings. The molecule has 0 amide bonds. The first-order valence-corrected chi connectivity index (χ1v) is 6.64. The minimum Gasteiger partial charge on any atom is -0.0981 e. The summed E-state index contributed by atoms with van der Waals surface area (Å²) < 4.78 is 0. The minimum absolute atomic E-state index is 1.18. The van der Waals surface area contributed by atoms with Gasteiger partial charge in [-0.3, -0.25) is 0 Å². The van der Waals surface area contributed by atoms with Crippen molar-refractivity contribution in [2.45, 2.75) is 44.4 Å². The molecule has 0 aliphatic carbocycles. The van der Waals surface area contributed by atoms with E-state index in [4.69, 9.17) is 0 Å². The van der Waals surface area contributed by atoms with Crippen LogP contribution < -0.4 is 0 Å². The van der Waals surface area contributed by atoms with Gasteiger partial charge in [0.15, 0.2) is 0 Å². The van der Waals surface area contributed by atoms with Crippen LogP contribution in [0.2, 0.25) is 0 Å². The molecule has 0 nitrogen and oxygen atoms in total. The molecule has 82 valence electrons. The zero-order valence-corrected chi connectivity index (χ0v) is 10.5. The van der Waals surface area contributed by atoms with Crippen molar-refractivity contribution >= 4 is 11.8 Å². The van der Waals surface area contributed by atoms with Gasteiger partial charge in [0.25, 0.3) is 0 Å². The van der Waals surface area contributed by atoms with Crippen molar-refractivity contribution < 1.29 is 0 Å². The molecular formula is C14H20S. The molecule has 0 radical (unpaired) electrons. The fourth-order valence-electron chi connectivity index (χ4n) is 1.37. The SMILES string of the molecule is CCCC/C(=C/Sc1ccccc1)CC. The van der Waals surface area contributed by atoms with Crippen molar-refractivity contribution in [3.8, 4) is 0 Å². The van der Waals surface area contributed by atoms with E-state index < -0.39 is 0 Å². The number of allylic oxidation sites excluding steroid dienone is 1. The summed E-state index contributed by atoms with van der Waals surface area (Å²) >= 11 is 1.84. The maximum Gasteiger partial charge on any atom is 0.0116 e. The highest BCUT2D eigenvalue weighted by atomic mass is 32.2. The highest BCUT2D eigenvalue weighted by molar-refractivity contribution is 8.02. The highest BCUT2D eigenvalue weighted by Gasteiger charge is 1.95.